The number of amides is 1. The number of rotatable bonds is 6. The van der Waals surface area contributed by atoms with Crippen molar-refractivity contribution in [2.45, 2.75) is 18.6 Å². The van der Waals surface area contributed by atoms with E-state index in [-0.39, 0.29) is 12.1 Å². The first-order valence-electron chi connectivity index (χ1n) is 8.47. The Morgan fingerprint density at radius 1 is 1.14 bits per heavy atom. The highest BCUT2D eigenvalue weighted by atomic mass is 35.5. The van der Waals surface area contributed by atoms with E-state index in [1.807, 2.05) is 30.3 Å². The number of aromatic nitrogens is 1. The van der Waals surface area contributed by atoms with E-state index < -0.39 is 24.0 Å². The van der Waals surface area contributed by atoms with Gasteiger partial charge in [-0.25, -0.2) is 4.79 Å². The minimum absolute atomic E-state index is 0.179. The number of methoxy groups -OCH3 is 1. The summed E-state index contributed by atoms with van der Waals surface area (Å²) in [6.07, 6.45) is -0.981. The summed E-state index contributed by atoms with van der Waals surface area (Å²) < 4.78 is 4.74. The summed E-state index contributed by atoms with van der Waals surface area (Å²) in [5.41, 5.74) is 1.65. The Bertz CT molecular complexity index is 965. The molecule has 1 heterocycles. The van der Waals surface area contributed by atoms with E-state index >= 15 is 0 Å². The van der Waals surface area contributed by atoms with E-state index in [0.717, 1.165) is 5.56 Å². The predicted octanol–water partition coefficient (Wildman–Crippen LogP) is 3.35. The highest BCUT2D eigenvalue weighted by Gasteiger charge is 2.30. The van der Waals surface area contributed by atoms with E-state index in [1.165, 1.54) is 7.11 Å². The monoisotopic (exact) mass is 420 g/mol. The molecule has 146 valence electrons. The highest BCUT2D eigenvalue weighted by Crippen LogP contribution is 2.28. The second kappa shape index (κ2) is 8.65. The van der Waals surface area contributed by atoms with Gasteiger partial charge in [0, 0.05) is 17.3 Å². The molecule has 0 spiro atoms. The minimum Gasteiger partial charge on any atom is -0.467 e. The molecule has 0 radical (unpaired) electrons. The van der Waals surface area contributed by atoms with Gasteiger partial charge < -0.3 is 20.1 Å². The largest absolute Gasteiger partial charge is 0.467 e. The molecule has 8 heteroatoms. The summed E-state index contributed by atoms with van der Waals surface area (Å²) in [4.78, 5) is 27.7. The van der Waals surface area contributed by atoms with Crippen LogP contribution in [0.15, 0.2) is 48.5 Å². The molecule has 0 aliphatic rings. The fraction of sp³-hybridized carbons (Fsp3) is 0.200. The van der Waals surface area contributed by atoms with Crippen molar-refractivity contribution in [2.75, 3.05) is 7.11 Å². The molecule has 3 rings (SSSR count). The normalized spacial score (nSPS) is 13.1. The third-order valence-corrected chi connectivity index (χ3v) is 5.04. The van der Waals surface area contributed by atoms with E-state index in [4.69, 9.17) is 27.9 Å². The van der Waals surface area contributed by atoms with Crippen molar-refractivity contribution < 1.29 is 19.4 Å². The standard InChI is InChI=1S/C20H18Cl2N2O4/c1-28-20(27)18(17(25)7-11-5-3-2-4-6-11)24-19(26)16-9-12-8-13(21)14(22)10-15(12)23-16/h2-6,8-10,17-18,23,25H,7H2,1H3,(H,24,26)/t17-,18+/m0/s1. The molecule has 2 atom stereocenters. The number of esters is 1. The number of carbonyl (C=O) groups is 2. The van der Waals surface area contributed by atoms with Gasteiger partial charge in [-0.3, -0.25) is 4.79 Å². The van der Waals surface area contributed by atoms with Crippen molar-refractivity contribution in [2.24, 2.45) is 0 Å². The molecule has 0 saturated heterocycles. The fourth-order valence-corrected chi connectivity index (χ4v) is 3.22. The van der Waals surface area contributed by atoms with Crippen LogP contribution < -0.4 is 5.32 Å². The van der Waals surface area contributed by atoms with Crippen LogP contribution in [0.1, 0.15) is 16.1 Å². The molecule has 3 N–H and O–H groups in total. The van der Waals surface area contributed by atoms with Crippen molar-refractivity contribution in [1.29, 1.82) is 0 Å². The highest BCUT2D eigenvalue weighted by molar-refractivity contribution is 6.42. The molecular weight excluding hydrogens is 403 g/mol. The zero-order valence-corrected chi connectivity index (χ0v) is 16.4. The lowest BCUT2D eigenvalue weighted by Crippen LogP contribution is -2.50. The topological polar surface area (TPSA) is 91.4 Å². The van der Waals surface area contributed by atoms with Crippen LogP contribution in [0.5, 0.6) is 0 Å². The van der Waals surface area contributed by atoms with Crippen LogP contribution in [0.4, 0.5) is 0 Å². The average molecular weight is 421 g/mol. The molecule has 0 aliphatic carbocycles. The second-order valence-corrected chi connectivity index (χ2v) is 7.08. The maximum Gasteiger partial charge on any atom is 0.331 e. The lowest BCUT2D eigenvalue weighted by Gasteiger charge is -2.21. The number of aromatic amines is 1. The Morgan fingerprint density at radius 2 is 1.82 bits per heavy atom. The average Bonchev–Trinajstić information content (AvgIpc) is 3.09. The lowest BCUT2D eigenvalue weighted by atomic mass is 10.0. The molecule has 0 unspecified atom stereocenters. The number of nitrogens with one attached hydrogen (secondary N) is 2. The molecule has 0 bridgehead atoms. The van der Waals surface area contributed by atoms with Gasteiger partial charge in [0.15, 0.2) is 6.04 Å². The predicted molar refractivity (Wildman–Crippen MR) is 108 cm³/mol. The van der Waals surface area contributed by atoms with Gasteiger partial charge in [-0.1, -0.05) is 53.5 Å². The number of hydrogen-bond donors (Lipinski definition) is 3. The van der Waals surface area contributed by atoms with Crippen LogP contribution in [0.25, 0.3) is 10.9 Å². The first-order chi connectivity index (χ1) is 13.4. The number of aliphatic hydroxyl groups excluding tert-OH is 1. The van der Waals surface area contributed by atoms with Crippen LogP contribution in [0.3, 0.4) is 0 Å². The first kappa shape index (κ1) is 20.2. The summed E-state index contributed by atoms with van der Waals surface area (Å²) in [6, 6.07) is 12.8. The van der Waals surface area contributed by atoms with Gasteiger partial charge in [0.05, 0.1) is 23.3 Å². The molecule has 3 aromatic rings. The maximum atomic E-state index is 12.6. The van der Waals surface area contributed by atoms with Crippen molar-refractivity contribution in [3.05, 3.63) is 69.8 Å². The minimum atomic E-state index is -1.23. The quantitative estimate of drug-likeness (QED) is 0.533. The van der Waals surface area contributed by atoms with E-state index in [2.05, 4.69) is 10.3 Å². The van der Waals surface area contributed by atoms with Crippen LogP contribution in [0, 0.1) is 0 Å². The van der Waals surface area contributed by atoms with E-state index in [1.54, 1.807) is 18.2 Å². The van der Waals surface area contributed by atoms with Crippen molar-refractivity contribution in [3.63, 3.8) is 0 Å². The number of carbonyl (C=O) groups excluding carboxylic acids is 2. The van der Waals surface area contributed by atoms with Crippen molar-refractivity contribution >= 4 is 46.0 Å². The first-order valence-corrected chi connectivity index (χ1v) is 9.23. The summed E-state index contributed by atoms with van der Waals surface area (Å²) in [7, 11) is 1.20. The summed E-state index contributed by atoms with van der Waals surface area (Å²) in [6.45, 7) is 0. The van der Waals surface area contributed by atoms with Gasteiger partial charge in [-0.05, 0) is 23.8 Å². The molecule has 0 aliphatic heterocycles. The summed E-state index contributed by atoms with van der Waals surface area (Å²) >= 11 is 12.0. The third kappa shape index (κ3) is 4.47. The maximum absolute atomic E-state index is 12.6. The number of halogens is 2. The van der Waals surface area contributed by atoms with Crippen LogP contribution in [-0.2, 0) is 16.0 Å². The third-order valence-electron chi connectivity index (χ3n) is 4.32. The summed E-state index contributed by atoms with van der Waals surface area (Å²) in [5.74, 6) is -1.30. The molecule has 1 amide bonds. The molecular formula is C20H18Cl2N2O4. The molecule has 0 saturated carbocycles. The Labute approximate surface area is 171 Å². The number of ether oxygens (including phenoxy) is 1. The second-order valence-electron chi connectivity index (χ2n) is 6.27. The van der Waals surface area contributed by atoms with Gasteiger partial charge in [-0.2, -0.15) is 0 Å². The fourth-order valence-electron chi connectivity index (χ4n) is 2.88. The Morgan fingerprint density at radius 3 is 2.50 bits per heavy atom. The Kier molecular flexibility index (Phi) is 6.24. The lowest BCUT2D eigenvalue weighted by molar-refractivity contribution is -0.145. The summed E-state index contributed by atoms with van der Waals surface area (Å²) in [5, 5.41) is 14.5. The van der Waals surface area contributed by atoms with E-state index in [0.29, 0.717) is 20.9 Å². The molecule has 0 fully saturated rings. The van der Waals surface area contributed by atoms with Gasteiger partial charge in [-0.15, -0.1) is 0 Å². The van der Waals surface area contributed by atoms with Crippen LogP contribution >= 0.6 is 23.2 Å². The number of hydrogen-bond acceptors (Lipinski definition) is 4. The number of aliphatic hydroxyl groups is 1. The number of fused-ring (bicyclic) bond motifs is 1. The van der Waals surface area contributed by atoms with Crippen molar-refractivity contribution in [3.8, 4) is 0 Å². The van der Waals surface area contributed by atoms with Gasteiger partial charge in [0.1, 0.15) is 5.69 Å². The van der Waals surface area contributed by atoms with Crippen LogP contribution in [0.2, 0.25) is 10.0 Å². The smallest absolute Gasteiger partial charge is 0.331 e. The van der Waals surface area contributed by atoms with Gasteiger partial charge in [0.25, 0.3) is 5.91 Å². The van der Waals surface area contributed by atoms with E-state index in [9.17, 15) is 14.7 Å². The van der Waals surface area contributed by atoms with Crippen molar-refractivity contribution in [1.82, 2.24) is 10.3 Å². The SMILES string of the molecule is COC(=O)[C@H](NC(=O)c1cc2cc(Cl)c(Cl)cc2[nH]1)[C@@H](O)Cc1ccccc1. The number of H-pyrrole nitrogens is 1. The molecule has 6 nitrogen and oxygen atoms in total. The van der Waals surface area contributed by atoms with Gasteiger partial charge in [0.2, 0.25) is 0 Å². The molecule has 2 aromatic carbocycles. The number of benzene rings is 2. The molecule has 28 heavy (non-hydrogen) atoms. The zero-order chi connectivity index (χ0) is 20.3. The van der Waals surface area contributed by atoms with Gasteiger partial charge >= 0.3 is 5.97 Å². The Balaban J connectivity index is 1.80. The Hall–Kier alpha value is -2.54. The molecule has 1 aromatic heterocycles. The van der Waals surface area contributed by atoms with Crippen LogP contribution in [-0.4, -0.2) is 41.2 Å². The zero-order valence-electron chi connectivity index (χ0n) is 14.9.